The van der Waals surface area contributed by atoms with Gasteiger partial charge < -0.3 is 19.7 Å². The predicted octanol–water partition coefficient (Wildman–Crippen LogP) is 4.24. The third kappa shape index (κ3) is 7.04. The van der Waals surface area contributed by atoms with Crippen molar-refractivity contribution in [1.82, 2.24) is 0 Å². The van der Waals surface area contributed by atoms with E-state index in [1.54, 1.807) is 18.2 Å². The Hall–Kier alpha value is -2.90. The van der Waals surface area contributed by atoms with Crippen molar-refractivity contribution in [3.63, 3.8) is 0 Å². The van der Waals surface area contributed by atoms with E-state index in [9.17, 15) is 14.7 Å². The molecule has 0 aliphatic rings. The van der Waals surface area contributed by atoms with E-state index in [0.29, 0.717) is 16.5 Å². The number of aliphatic hydroxyl groups is 2. The van der Waals surface area contributed by atoms with Crippen molar-refractivity contribution >= 4 is 35.1 Å². The normalized spacial score (nSPS) is 11.6. The Morgan fingerprint density at radius 3 is 2.15 bits per heavy atom. The van der Waals surface area contributed by atoms with Gasteiger partial charge in [0.25, 0.3) is 0 Å². The Morgan fingerprint density at radius 2 is 1.52 bits per heavy atom. The molecule has 0 fully saturated rings. The van der Waals surface area contributed by atoms with Crippen LogP contribution < -0.4 is 4.74 Å². The minimum Gasteiger partial charge on any atom is -0.459 e. The molecule has 0 amide bonds. The third-order valence-corrected chi connectivity index (χ3v) is 5.53. The quantitative estimate of drug-likeness (QED) is 0.345. The zero-order valence-electron chi connectivity index (χ0n) is 17.5. The van der Waals surface area contributed by atoms with Gasteiger partial charge in [0.1, 0.15) is 18.5 Å². The van der Waals surface area contributed by atoms with Gasteiger partial charge in [-0.3, -0.25) is 4.79 Å². The first-order valence-corrected chi connectivity index (χ1v) is 10.9. The monoisotopic (exact) mass is 488 g/mol. The molecule has 0 bridgehead atoms. The number of hydrogen-bond donors (Lipinski definition) is 2. The number of carbonyl (C=O) groups is 2. The Balaban J connectivity index is 1.63. The molecule has 0 radical (unpaired) electrons. The van der Waals surface area contributed by atoms with Crippen LogP contribution in [0.4, 0.5) is 0 Å². The Bertz CT molecular complexity index is 1090. The molecule has 3 aromatic rings. The van der Waals surface area contributed by atoms with Crippen LogP contribution in [0.15, 0.2) is 66.7 Å². The van der Waals surface area contributed by atoms with Crippen molar-refractivity contribution in [3.05, 3.63) is 99.0 Å². The van der Waals surface area contributed by atoms with Crippen LogP contribution in [0.2, 0.25) is 10.0 Å². The fourth-order valence-electron chi connectivity index (χ4n) is 3.08. The average Bonchev–Trinajstić information content (AvgIpc) is 2.81. The molecule has 0 saturated heterocycles. The molecular weight excluding hydrogens is 467 g/mol. The van der Waals surface area contributed by atoms with Gasteiger partial charge in [0.15, 0.2) is 0 Å². The number of aliphatic hydroxyl groups excluding tert-OH is 2. The molecule has 0 aliphatic carbocycles. The SMILES string of the molecule is O=C(Cc1ccccc1Cc1c(Cl)cccc1Cl)Oc1ccc(C(=O)OCC(O)CO)cc1. The van der Waals surface area contributed by atoms with Crippen LogP contribution in [0.25, 0.3) is 0 Å². The standard InChI is InChI=1S/C25H22Cl2O6/c26-22-6-3-7-23(27)21(22)12-17-4-1-2-5-18(17)13-24(30)33-20-10-8-16(9-11-20)25(31)32-15-19(29)14-28/h1-11,19,28-29H,12-15H2. The lowest BCUT2D eigenvalue weighted by atomic mass is 9.98. The lowest BCUT2D eigenvalue weighted by Gasteiger charge is -2.12. The number of ether oxygens (including phenoxy) is 2. The second-order valence-corrected chi connectivity index (χ2v) is 8.07. The summed E-state index contributed by atoms with van der Waals surface area (Å²) in [6.45, 7) is -0.818. The number of halogens is 2. The molecule has 33 heavy (non-hydrogen) atoms. The predicted molar refractivity (Wildman–Crippen MR) is 125 cm³/mol. The molecule has 0 spiro atoms. The summed E-state index contributed by atoms with van der Waals surface area (Å²) in [5, 5.41) is 19.1. The summed E-state index contributed by atoms with van der Waals surface area (Å²) in [5.41, 5.74) is 2.71. The van der Waals surface area contributed by atoms with Gasteiger partial charge in [-0.2, -0.15) is 0 Å². The third-order valence-electron chi connectivity index (χ3n) is 4.82. The summed E-state index contributed by atoms with van der Waals surface area (Å²) in [6, 6.07) is 18.7. The molecule has 0 aliphatic heterocycles. The summed E-state index contributed by atoms with van der Waals surface area (Å²) < 4.78 is 10.3. The van der Waals surface area contributed by atoms with E-state index < -0.39 is 24.6 Å². The van der Waals surface area contributed by atoms with Crippen molar-refractivity contribution in [2.45, 2.75) is 18.9 Å². The number of benzene rings is 3. The van der Waals surface area contributed by atoms with Crippen molar-refractivity contribution < 1.29 is 29.3 Å². The van der Waals surface area contributed by atoms with Crippen LogP contribution in [0.5, 0.6) is 5.75 Å². The van der Waals surface area contributed by atoms with Gasteiger partial charge in [-0.25, -0.2) is 4.79 Å². The van der Waals surface area contributed by atoms with Gasteiger partial charge >= 0.3 is 11.9 Å². The van der Waals surface area contributed by atoms with E-state index in [0.717, 1.165) is 16.7 Å². The number of carbonyl (C=O) groups excluding carboxylic acids is 2. The van der Waals surface area contributed by atoms with Gasteiger partial charge in [-0.05, 0) is 53.1 Å². The Labute approximate surface area is 201 Å². The molecule has 0 saturated carbocycles. The van der Waals surface area contributed by atoms with Gasteiger partial charge in [-0.1, -0.05) is 53.5 Å². The summed E-state index contributed by atoms with van der Waals surface area (Å²) in [6.07, 6.45) is -0.615. The number of esters is 2. The lowest BCUT2D eigenvalue weighted by Crippen LogP contribution is -2.21. The molecule has 0 heterocycles. The van der Waals surface area contributed by atoms with Gasteiger partial charge in [0.2, 0.25) is 0 Å². The smallest absolute Gasteiger partial charge is 0.338 e. The van der Waals surface area contributed by atoms with Crippen LogP contribution >= 0.6 is 23.2 Å². The van der Waals surface area contributed by atoms with Gasteiger partial charge in [0.05, 0.1) is 18.6 Å². The maximum Gasteiger partial charge on any atom is 0.338 e. The minimum absolute atomic E-state index is 0.0427. The zero-order valence-corrected chi connectivity index (χ0v) is 19.1. The number of rotatable bonds is 9. The molecule has 8 heteroatoms. The molecule has 1 unspecified atom stereocenters. The summed E-state index contributed by atoms with van der Waals surface area (Å²) in [5.74, 6) is -0.847. The first-order chi connectivity index (χ1) is 15.9. The summed E-state index contributed by atoms with van der Waals surface area (Å²) in [7, 11) is 0. The second-order valence-electron chi connectivity index (χ2n) is 7.26. The lowest BCUT2D eigenvalue weighted by molar-refractivity contribution is -0.133. The van der Waals surface area contributed by atoms with Crippen molar-refractivity contribution in [2.75, 3.05) is 13.2 Å². The van der Waals surface area contributed by atoms with E-state index >= 15 is 0 Å². The molecule has 6 nitrogen and oxygen atoms in total. The molecule has 2 N–H and O–H groups in total. The topological polar surface area (TPSA) is 93.1 Å². The van der Waals surface area contributed by atoms with E-state index in [4.69, 9.17) is 37.8 Å². The maximum absolute atomic E-state index is 12.5. The van der Waals surface area contributed by atoms with Gasteiger partial charge in [0, 0.05) is 16.5 Å². The van der Waals surface area contributed by atoms with E-state index in [2.05, 4.69) is 0 Å². The van der Waals surface area contributed by atoms with Crippen LogP contribution in [0.1, 0.15) is 27.0 Å². The highest BCUT2D eigenvalue weighted by atomic mass is 35.5. The van der Waals surface area contributed by atoms with Crippen molar-refractivity contribution in [1.29, 1.82) is 0 Å². The molecule has 1 atom stereocenters. The van der Waals surface area contributed by atoms with Crippen LogP contribution in [-0.4, -0.2) is 41.5 Å². The highest BCUT2D eigenvalue weighted by Crippen LogP contribution is 2.28. The first-order valence-electron chi connectivity index (χ1n) is 10.1. The maximum atomic E-state index is 12.5. The highest BCUT2D eigenvalue weighted by molar-refractivity contribution is 6.36. The molecule has 3 rings (SSSR count). The van der Waals surface area contributed by atoms with Gasteiger partial charge in [-0.15, -0.1) is 0 Å². The Kier molecular flexibility index (Phi) is 8.86. The molecule has 172 valence electrons. The van der Waals surface area contributed by atoms with Crippen LogP contribution in [0.3, 0.4) is 0 Å². The highest BCUT2D eigenvalue weighted by Gasteiger charge is 2.14. The molecule has 0 aromatic heterocycles. The fraction of sp³-hybridized carbons (Fsp3) is 0.200. The largest absolute Gasteiger partial charge is 0.459 e. The van der Waals surface area contributed by atoms with Crippen LogP contribution in [0, 0.1) is 0 Å². The molecule has 3 aromatic carbocycles. The zero-order chi connectivity index (χ0) is 23.8. The van der Waals surface area contributed by atoms with Crippen molar-refractivity contribution in [2.24, 2.45) is 0 Å². The summed E-state index contributed by atoms with van der Waals surface area (Å²) in [4.78, 5) is 24.5. The van der Waals surface area contributed by atoms with Crippen molar-refractivity contribution in [3.8, 4) is 5.75 Å². The average molecular weight is 489 g/mol. The Morgan fingerprint density at radius 1 is 0.879 bits per heavy atom. The van der Waals surface area contributed by atoms with E-state index in [-0.39, 0.29) is 24.3 Å². The minimum atomic E-state index is -1.13. The van der Waals surface area contributed by atoms with E-state index in [1.807, 2.05) is 24.3 Å². The first kappa shape index (κ1) is 24.7. The molecular formula is C25H22Cl2O6. The fourth-order valence-corrected chi connectivity index (χ4v) is 3.62. The van der Waals surface area contributed by atoms with Crippen LogP contribution in [-0.2, 0) is 22.4 Å². The second kappa shape index (κ2) is 11.8. The summed E-state index contributed by atoms with van der Waals surface area (Å²) >= 11 is 12.6. The van der Waals surface area contributed by atoms with E-state index in [1.165, 1.54) is 24.3 Å². The number of hydrogen-bond acceptors (Lipinski definition) is 6.